The minimum Gasteiger partial charge on any atom is -0.435 e. The normalized spacial score (nSPS) is 11.1. The van der Waals surface area contributed by atoms with E-state index in [2.05, 4.69) is 15.0 Å². The minimum atomic E-state index is -2.90. The highest BCUT2D eigenvalue weighted by Crippen LogP contribution is 2.17. The molecule has 2 rings (SSSR count). The first-order valence-electron chi connectivity index (χ1n) is 5.96. The molecule has 0 unspecified atom stereocenters. The molecule has 1 amide bonds. The summed E-state index contributed by atoms with van der Waals surface area (Å²) in [6.07, 6.45) is 2.87. The molecule has 0 bridgehead atoms. The van der Waals surface area contributed by atoms with Gasteiger partial charge in [-0.15, -0.1) is 11.3 Å². The van der Waals surface area contributed by atoms with Crippen LogP contribution >= 0.6 is 11.3 Å². The molecule has 1 aromatic carbocycles. The van der Waals surface area contributed by atoms with Gasteiger partial charge in [0.05, 0.1) is 0 Å². The van der Waals surface area contributed by atoms with Crippen molar-refractivity contribution in [1.29, 1.82) is 5.26 Å². The first-order chi connectivity index (χ1) is 10.6. The van der Waals surface area contributed by atoms with Gasteiger partial charge in [-0.05, 0) is 23.8 Å². The number of carbonyl (C=O) groups excluding carboxylic acids is 1. The van der Waals surface area contributed by atoms with Crippen LogP contribution in [0.2, 0.25) is 0 Å². The van der Waals surface area contributed by atoms with Gasteiger partial charge in [0.2, 0.25) is 0 Å². The Balaban J connectivity index is 2.11. The van der Waals surface area contributed by atoms with Crippen LogP contribution in [0.4, 0.5) is 13.9 Å². The zero-order valence-corrected chi connectivity index (χ0v) is 11.8. The van der Waals surface area contributed by atoms with Crippen molar-refractivity contribution < 1.29 is 18.3 Å². The minimum absolute atomic E-state index is 0.00195. The maximum atomic E-state index is 12.0. The number of halogens is 2. The van der Waals surface area contributed by atoms with Gasteiger partial charge in [0.25, 0.3) is 5.91 Å². The number of hydrogen-bond acceptors (Lipinski definition) is 5. The van der Waals surface area contributed by atoms with Crippen molar-refractivity contribution in [3.63, 3.8) is 0 Å². The van der Waals surface area contributed by atoms with Gasteiger partial charge in [0.1, 0.15) is 17.4 Å². The molecule has 8 heteroatoms. The molecule has 0 aliphatic carbocycles. The molecule has 5 nitrogen and oxygen atoms in total. The molecule has 2 aromatic rings. The molecule has 0 atom stereocenters. The Morgan fingerprint density at radius 1 is 1.41 bits per heavy atom. The number of nitrogens with zero attached hydrogens (tertiary/aromatic N) is 2. The van der Waals surface area contributed by atoms with Gasteiger partial charge in [-0.3, -0.25) is 10.1 Å². The average Bonchev–Trinajstić information content (AvgIpc) is 2.98. The summed E-state index contributed by atoms with van der Waals surface area (Å²) >= 11 is 1.23. The fourth-order valence-electron chi connectivity index (χ4n) is 1.51. The molecule has 0 spiro atoms. The topological polar surface area (TPSA) is 75.0 Å². The lowest BCUT2D eigenvalue weighted by Crippen LogP contribution is -2.13. The third kappa shape index (κ3) is 4.36. The molecule has 0 saturated carbocycles. The van der Waals surface area contributed by atoms with Gasteiger partial charge in [0.15, 0.2) is 5.13 Å². The number of hydrogen-bond donors (Lipinski definition) is 1. The van der Waals surface area contributed by atoms with Crippen LogP contribution in [-0.2, 0) is 4.79 Å². The van der Waals surface area contributed by atoms with E-state index in [9.17, 15) is 13.6 Å². The molecule has 0 fully saturated rings. The van der Waals surface area contributed by atoms with Crippen molar-refractivity contribution >= 4 is 28.5 Å². The Labute approximate surface area is 128 Å². The van der Waals surface area contributed by atoms with Crippen molar-refractivity contribution in [2.24, 2.45) is 0 Å². The Morgan fingerprint density at radius 3 is 2.68 bits per heavy atom. The number of amides is 1. The first-order valence-corrected chi connectivity index (χ1v) is 6.84. The first kappa shape index (κ1) is 15.6. The second kappa shape index (κ2) is 7.28. The van der Waals surface area contributed by atoms with E-state index < -0.39 is 12.5 Å². The summed E-state index contributed by atoms with van der Waals surface area (Å²) in [5.41, 5.74) is 0.380. The number of aromatic nitrogens is 1. The molecule has 1 heterocycles. The third-order valence-corrected chi connectivity index (χ3v) is 3.12. The zero-order valence-electron chi connectivity index (χ0n) is 11.0. The monoisotopic (exact) mass is 321 g/mol. The number of carbonyl (C=O) groups is 1. The zero-order chi connectivity index (χ0) is 15.9. The van der Waals surface area contributed by atoms with Gasteiger partial charge in [-0.25, -0.2) is 4.98 Å². The fraction of sp³-hybridized carbons (Fsp3) is 0.0714. The van der Waals surface area contributed by atoms with Crippen LogP contribution in [0, 0.1) is 11.3 Å². The van der Waals surface area contributed by atoms with Crippen LogP contribution < -0.4 is 10.1 Å². The molecular weight excluding hydrogens is 312 g/mol. The predicted octanol–water partition coefficient (Wildman–Crippen LogP) is 3.29. The van der Waals surface area contributed by atoms with E-state index in [0.29, 0.717) is 10.7 Å². The molecule has 1 N–H and O–H groups in total. The van der Waals surface area contributed by atoms with Crippen molar-refractivity contribution in [2.75, 3.05) is 5.32 Å². The maximum Gasteiger partial charge on any atom is 0.387 e. The lowest BCUT2D eigenvalue weighted by Gasteiger charge is -2.04. The van der Waals surface area contributed by atoms with E-state index in [-0.39, 0.29) is 11.3 Å². The number of benzene rings is 1. The number of rotatable bonds is 5. The van der Waals surface area contributed by atoms with Gasteiger partial charge < -0.3 is 4.74 Å². The summed E-state index contributed by atoms with van der Waals surface area (Å²) in [5.74, 6) is -0.594. The summed E-state index contributed by atoms with van der Waals surface area (Å²) in [6.45, 7) is -2.90. The SMILES string of the molecule is N#C/C(=C\c1ccc(OC(F)F)cc1)C(=O)Nc1nccs1. The van der Waals surface area contributed by atoms with E-state index in [0.717, 1.165) is 0 Å². The highest BCUT2D eigenvalue weighted by molar-refractivity contribution is 7.13. The van der Waals surface area contributed by atoms with Crippen LogP contribution in [0.5, 0.6) is 5.75 Å². The van der Waals surface area contributed by atoms with E-state index in [4.69, 9.17) is 5.26 Å². The van der Waals surface area contributed by atoms with E-state index >= 15 is 0 Å². The highest BCUT2D eigenvalue weighted by atomic mass is 32.1. The van der Waals surface area contributed by atoms with Crippen molar-refractivity contribution in [3.05, 3.63) is 47.0 Å². The molecule has 22 heavy (non-hydrogen) atoms. The number of alkyl halides is 2. The van der Waals surface area contributed by atoms with Crippen LogP contribution in [0.1, 0.15) is 5.56 Å². The van der Waals surface area contributed by atoms with Gasteiger partial charge in [0, 0.05) is 11.6 Å². The van der Waals surface area contributed by atoms with Crippen molar-refractivity contribution in [1.82, 2.24) is 4.98 Å². The van der Waals surface area contributed by atoms with Crippen LogP contribution in [0.25, 0.3) is 6.08 Å². The quantitative estimate of drug-likeness (QED) is 0.677. The average molecular weight is 321 g/mol. The lowest BCUT2D eigenvalue weighted by molar-refractivity contribution is -0.112. The highest BCUT2D eigenvalue weighted by Gasteiger charge is 2.11. The Bertz CT molecular complexity index is 707. The van der Waals surface area contributed by atoms with Gasteiger partial charge in [-0.1, -0.05) is 12.1 Å². The molecular formula is C14H9F2N3O2S. The van der Waals surface area contributed by atoms with E-state index in [1.54, 1.807) is 11.4 Å². The predicted molar refractivity (Wildman–Crippen MR) is 77.4 cm³/mol. The summed E-state index contributed by atoms with van der Waals surface area (Å²) < 4.78 is 28.3. The van der Waals surface area contributed by atoms with E-state index in [1.165, 1.54) is 47.9 Å². The Morgan fingerprint density at radius 2 is 2.14 bits per heavy atom. The van der Waals surface area contributed by atoms with Crippen LogP contribution in [0.3, 0.4) is 0 Å². The van der Waals surface area contributed by atoms with Crippen LogP contribution in [0.15, 0.2) is 41.4 Å². The smallest absolute Gasteiger partial charge is 0.387 e. The summed E-state index contributed by atoms with van der Waals surface area (Å²) in [7, 11) is 0. The fourth-order valence-corrected chi connectivity index (χ4v) is 2.03. The molecule has 1 aromatic heterocycles. The number of thiazole rings is 1. The van der Waals surface area contributed by atoms with Gasteiger partial charge >= 0.3 is 6.61 Å². The molecule has 0 saturated heterocycles. The van der Waals surface area contributed by atoms with Crippen LogP contribution in [-0.4, -0.2) is 17.5 Å². The molecule has 0 aliphatic rings. The number of nitriles is 1. The van der Waals surface area contributed by atoms with Crippen molar-refractivity contribution in [3.8, 4) is 11.8 Å². The molecule has 112 valence electrons. The van der Waals surface area contributed by atoms with E-state index in [1.807, 2.05) is 0 Å². The third-order valence-electron chi connectivity index (χ3n) is 2.43. The lowest BCUT2D eigenvalue weighted by atomic mass is 10.1. The maximum absolute atomic E-state index is 12.0. The second-order valence-electron chi connectivity index (χ2n) is 3.91. The number of ether oxygens (including phenoxy) is 1. The largest absolute Gasteiger partial charge is 0.435 e. The summed E-state index contributed by atoms with van der Waals surface area (Å²) in [6, 6.07) is 7.36. The van der Waals surface area contributed by atoms with Crippen molar-refractivity contribution in [2.45, 2.75) is 6.61 Å². The Kier molecular flexibility index (Phi) is 5.16. The Hall–Kier alpha value is -2.79. The second-order valence-corrected chi connectivity index (χ2v) is 4.80. The molecule has 0 aliphatic heterocycles. The number of anilines is 1. The summed E-state index contributed by atoms with van der Waals surface area (Å²) in [5, 5.41) is 13.6. The van der Waals surface area contributed by atoms with Gasteiger partial charge in [-0.2, -0.15) is 14.0 Å². The molecule has 0 radical (unpaired) electrons. The number of nitrogens with one attached hydrogen (secondary N) is 1. The summed E-state index contributed by atoms with van der Waals surface area (Å²) in [4.78, 5) is 15.8. The standard InChI is InChI=1S/C14H9F2N3O2S/c15-13(16)21-11-3-1-9(2-4-11)7-10(8-17)12(20)19-14-18-5-6-22-14/h1-7,13H,(H,18,19,20)/b10-7+.